The van der Waals surface area contributed by atoms with Gasteiger partial charge in [0, 0.05) is 24.5 Å². The van der Waals surface area contributed by atoms with Crippen LogP contribution in [0.15, 0.2) is 34.8 Å². The highest BCUT2D eigenvalue weighted by atomic mass is 16.6. The van der Waals surface area contributed by atoms with E-state index in [0.29, 0.717) is 5.82 Å². The normalized spacial score (nSPS) is 22.4. The summed E-state index contributed by atoms with van der Waals surface area (Å²) in [6.45, 7) is 1.21. The van der Waals surface area contributed by atoms with E-state index in [1.807, 2.05) is 0 Å². The zero-order valence-electron chi connectivity index (χ0n) is 13.2. The van der Waals surface area contributed by atoms with Crippen LogP contribution in [0.2, 0.25) is 0 Å². The van der Waals surface area contributed by atoms with E-state index >= 15 is 0 Å². The number of aromatic nitrogens is 5. The summed E-state index contributed by atoms with van der Waals surface area (Å²) in [7, 11) is 0. The molecule has 0 unspecified atom stereocenters. The van der Waals surface area contributed by atoms with Crippen molar-refractivity contribution in [1.29, 1.82) is 0 Å². The van der Waals surface area contributed by atoms with E-state index in [1.54, 1.807) is 6.07 Å². The zero-order valence-corrected chi connectivity index (χ0v) is 13.2. The van der Waals surface area contributed by atoms with Crippen LogP contribution in [0.3, 0.4) is 0 Å². The van der Waals surface area contributed by atoms with Crippen molar-refractivity contribution in [1.82, 2.24) is 24.3 Å². The largest absolute Gasteiger partial charge is 0.463 e. The smallest absolute Gasteiger partial charge is 0.351 e. The van der Waals surface area contributed by atoms with Gasteiger partial charge in [-0.15, -0.1) is 0 Å². The van der Waals surface area contributed by atoms with Crippen molar-refractivity contribution in [3.05, 3.63) is 45.8 Å². The standard InChI is InChI=1S/C13H14N8O4/c1-8(22)24-5-10-9(18-19-14)4-12(25-10)20-3-2-11(17-13(20)23)21-7-15-6-16-21/h2-3,6-7,9-10,12H,4-5H2,1H3/t9-,10+,12-/m1/s1. The number of esters is 1. The summed E-state index contributed by atoms with van der Waals surface area (Å²) in [5.41, 5.74) is 8.12. The van der Waals surface area contributed by atoms with E-state index in [9.17, 15) is 9.59 Å². The van der Waals surface area contributed by atoms with E-state index in [0.717, 1.165) is 0 Å². The number of ether oxygens (including phenoxy) is 2. The number of hydrogen-bond acceptors (Lipinski definition) is 8. The number of carbonyl (C=O) groups is 1. The van der Waals surface area contributed by atoms with Crippen LogP contribution >= 0.6 is 0 Å². The van der Waals surface area contributed by atoms with Gasteiger partial charge in [0.1, 0.15) is 31.6 Å². The molecule has 3 atom stereocenters. The maximum absolute atomic E-state index is 12.3. The minimum absolute atomic E-state index is 0.0608. The molecule has 2 aromatic heterocycles. The maximum Gasteiger partial charge on any atom is 0.351 e. The van der Waals surface area contributed by atoms with Gasteiger partial charge in [-0.25, -0.2) is 14.5 Å². The summed E-state index contributed by atoms with van der Waals surface area (Å²) >= 11 is 0. The molecule has 0 radical (unpaired) electrons. The summed E-state index contributed by atoms with van der Waals surface area (Å²) in [5.74, 6) is -0.150. The van der Waals surface area contributed by atoms with Gasteiger partial charge in [0.25, 0.3) is 0 Å². The van der Waals surface area contributed by atoms with Gasteiger partial charge < -0.3 is 9.47 Å². The Hall–Kier alpha value is -3.24. The van der Waals surface area contributed by atoms with Crippen LogP contribution in [0.5, 0.6) is 0 Å². The average molecular weight is 346 g/mol. The lowest BCUT2D eigenvalue weighted by molar-refractivity contribution is -0.146. The second-order valence-corrected chi connectivity index (χ2v) is 5.26. The van der Waals surface area contributed by atoms with Crippen molar-refractivity contribution < 1.29 is 14.3 Å². The van der Waals surface area contributed by atoms with Gasteiger partial charge in [0.15, 0.2) is 5.82 Å². The van der Waals surface area contributed by atoms with Crippen molar-refractivity contribution in [2.45, 2.75) is 31.7 Å². The van der Waals surface area contributed by atoms with Gasteiger partial charge in [-0.2, -0.15) is 10.1 Å². The molecule has 12 heteroatoms. The molecule has 0 aliphatic carbocycles. The van der Waals surface area contributed by atoms with E-state index in [1.165, 1.54) is 35.0 Å². The predicted octanol–water partition coefficient (Wildman–Crippen LogP) is 0.353. The summed E-state index contributed by atoms with van der Waals surface area (Å²) < 4.78 is 13.3. The van der Waals surface area contributed by atoms with Crippen molar-refractivity contribution in [2.24, 2.45) is 5.11 Å². The lowest BCUT2D eigenvalue weighted by Gasteiger charge is -2.16. The number of hydrogen-bond donors (Lipinski definition) is 0. The van der Waals surface area contributed by atoms with Gasteiger partial charge in [0.2, 0.25) is 0 Å². The van der Waals surface area contributed by atoms with Crippen LogP contribution in [-0.4, -0.2) is 49.0 Å². The Morgan fingerprint density at radius 1 is 1.60 bits per heavy atom. The fourth-order valence-electron chi connectivity index (χ4n) is 2.50. The first-order chi connectivity index (χ1) is 12.1. The van der Waals surface area contributed by atoms with Gasteiger partial charge in [0.05, 0.1) is 6.04 Å². The molecular weight excluding hydrogens is 332 g/mol. The molecule has 0 saturated carbocycles. The average Bonchev–Trinajstić information content (AvgIpc) is 3.23. The van der Waals surface area contributed by atoms with Crippen molar-refractivity contribution >= 4 is 5.97 Å². The molecule has 0 spiro atoms. The highest BCUT2D eigenvalue weighted by Crippen LogP contribution is 2.30. The predicted molar refractivity (Wildman–Crippen MR) is 81.5 cm³/mol. The molecule has 0 bridgehead atoms. The van der Waals surface area contributed by atoms with E-state index in [4.69, 9.17) is 15.0 Å². The molecule has 0 N–H and O–H groups in total. The third-order valence-electron chi connectivity index (χ3n) is 3.63. The second kappa shape index (κ2) is 7.11. The zero-order chi connectivity index (χ0) is 17.8. The highest BCUT2D eigenvalue weighted by Gasteiger charge is 2.37. The first-order valence-electron chi connectivity index (χ1n) is 7.35. The van der Waals surface area contributed by atoms with Crippen LogP contribution in [-0.2, 0) is 14.3 Å². The molecule has 1 saturated heterocycles. The first-order valence-corrected chi connectivity index (χ1v) is 7.35. The third-order valence-corrected chi connectivity index (χ3v) is 3.63. The molecule has 1 aliphatic rings. The molecule has 3 heterocycles. The molecule has 25 heavy (non-hydrogen) atoms. The topological polar surface area (TPSA) is 150 Å². The second-order valence-electron chi connectivity index (χ2n) is 5.26. The molecule has 3 rings (SSSR count). The lowest BCUT2D eigenvalue weighted by atomic mass is 10.1. The molecular formula is C13H14N8O4. The fraction of sp³-hybridized carbons (Fsp3) is 0.462. The summed E-state index contributed by atoms with van der Waals surface area (Å²) in [6.07, 6.45) is 3.22. The Morgan fingerprint density at radius 3 is 3.08 bits per heavy atom. The Morgan fingerprint density at radius 2 is 2.44 bits per heavy atom. The van der Waals surface area contributed by atoms with Crippen LogP contribution < -0.4 is 5.69 Å². The van der Waals surface area contributed by atoms with Crippen LogP contribution in [0.1, 0.15) is 19.6 Å². The number of azide groups is 1. The van der Waals surface area contributed by atoms with Crippen molar-refractivity contribution in [2.75, 3.05) is 6.61 Å². The quantitative estimate of drug-likeness (QED) is 0.328. The van der Waals surface area contributed by atoms with Crippen LogP contribution in [0.25, 0.3) is 16.3 Å². The highest BCUT2D eigenvalue weighted by molar-refractivity contribution is 5.65. The molecule has 1 fully saturated rings. The molecule has 0 aromatic carbocycles. The monoisotopic (exact) mass is 346 g/mol. The summed E-state index contributed by atoms with van der Waals surface area (Å²) in [6, 6.07) is 1.03. The minimum Gasteiger partial charge on any atom is -0.463 e. The van der Waals surface area contributed by atoms with Crippen LogP contribution in [0.4, 0.5) is 0 Å². The molecule has 1 aliphatic heterocycles. The van der Waals surface area contributed by atoms with E-state index in [-0.39, 0.29) is 13.0 Å². The van der Waals surface area contributed by atoms with Gasteiger partial charge >= 0.3 is 11.7 Å². The number of carbonyl (C=O) groups excluding carboxylic acids is 1. The number of nitrogens with zero attached hydrogens (tertiary/aromatic N) is 8. The molecule has 12 nitrogen and oxygen atoms in total. The fourth-order valence-corrected chi connectivity index (χ4v) is 2.50. The molecule has 2 aromatic rings. The lowest BCUT2D eigenvalue weighted by Crippen LogP contribution is -2.29. The number of rotatable bonds is 5. The maximum atomic E-state index is 12.3. The summed E-state index contributed by atoms with van der Waals surface area (Å²) in [4.78, 5) is 33.7. The minimum atomic E-state index is -0.680. The van der Waals surface area contributed by atoms with Gasteiger partial charge in [-0.05, 0) is 11.6 Å². The van der Waals surface area contributed by atoms with Crippen molar-refractivity contribution in [3.63, 3.8) is 0 Å². The van der Waals surface area contributed by atoms with Gasteiger partial charge in [-0.1, -0.05) is 5.11 Å². The van der Waals surface area contributed by atoms with Gasteiger partial charge in [-0.3, -0.25) is 9.36 Å². The molecule has 0 amide bonds. The molecule has 130 valence electrons. The van der Waals surface area contributed by atoms with Crippen molar-refractivity contribution in [3.8, 4) is 5.82 Å². The first kappa shape index (κ1) is 16.6. The Bertz CT molecular complexity index is 857. The van der Waals surface area contributed by atoms with Crippen LogP contribution in [0, 0.1) is 0 Å². The van der Waals surface area contributed by atoms with E-state index < -0.39 is 30.0 Å². The summed E-state index contributed by atoms with van der Waals surface area (Å²) in [5, 5.41) is 7.56. The SMILES string of the molecule is CC(=O)OC[C@@H]1O[C@@H](n2ccc(-n3cncn3)nc2=O)C[C@H]1N=[N+]=[N-]. The Labute approximate surface area is 140 Å². The Kier molecular flexibility index (Phi) is 4.73. The van der Waals surface area contributed by atoms with E-state index in [2.05, 4.69) is 25.1 Å². The Balaban J connectivity index is 1.80. The third kappa shape index (κ3) is 3.65.